The van der Waals surface area contributed by atoms with Gasteiger partial charge in [-0.1, -0.05) is 11.6 Å². The summed E-state index contributed by atoms with van der Waals surface area (Å²) in [6, 6.07) is 5.18. The summed E-state index contributed by atoms with van der Waals surface area (Å²) in [6.45, 7) is 0. The fourth-order valence-corrected chi connectivity index (χ4v) is 1.58. The maximum Gasteiger partial charge on any atom is 0.280 e. The largest absolute Gasteiger partial charge is 0.287 e. The number of hydrogen-bond donors (Lipinski definition) is 0. The summed E-state index contributed by atoms with van der Waals surface area (Å²) in [5, 5.41) is 11.1. The predicted molar refractivity (Wildman–Crippen MR) is 63.6 cm³/mol. The molecular formula is C11H6ClN3O3. The van der Waals surface area contributed by atoms with E-state index in [4.69, 9.17) is 11.6 Å². The lowest BCUT2D eigenvalue weighted by Crippen LogP contribution is -2.07. The van der Waals surface area contributed by atoms with Gasteiger partial charge in [0.15, 0.2) is 0 Å². The summed E-state index contributed by atoms with van der Waals surface area (Å²) in [6.07, 6.45) is 2.58. The van der Waals surface area contributed by atoms with E-state index in [0.29, 0.717) is 0 Å². The molecule has 1 aromatic heterocycles. The van der Waals surface area contributed by atoms with Crippen LogP contribution in [0.15, 0.2) is 36.8 Å². The van der Waals surface area contributed by atoms with Gasteiger partial charge in [0.1, 0.15) is 17.6 Å². The topological polar surface area (TPSA) is 86.0 Å². The number of carbonyl (C=O) groups excluding carboxylic acids is 1. The standard InChI is InChI=1S/C11H6ClN3O3/c12-7-1-2-10(15(17)18)8(5-7)11(16)9-3-4-13-6-14-9/h1-6H. The number of nitrogens with zero attached hydrogens (tertiary/aromatic N) is 3. The van der Waals surface area contributed by atoms with Crippen molar-refractivity contribution in [1.29, 1.82) is 0 Å². The highest BCUT2D eigenvalue weighted by molar-refractivity contribution is 6.31. The lowest BCUT2D eigenvalue weighted by Gasteiger charge is -2.02. The van der Waals surface area contributed by atoms with E-state index in [2.05, 4.69) is 9.97 Å². The molecule has 1 aromatic carbocycles. The van der Waals surface area contributed by atoms with E-state index in [-0.39, 0.29) is 22.0 Å². The second-order valence-corrected chi connectivity index (χ2v) is 3.78. The number of carbonyl (C=O) groups is 1. The molecule has 0 aliphatic heterocycles. The van der Waals surface area contributed by atoms with E-state index in [1.165, 1.54) is 36.8 Å². The minimum absolute atomic E-state index is 0.0790. The van der Waals surface area contributed by atoms with Crippen LogP contribution in [0.1, 0.15) is 16.1 Å². The molecule has 0 bridgehead atoms. The fourth-order valence-electron chi connectivity index (χ4n) is 1.41. The van der Waals surface area contributed by atoms with Gasteiger partial charge in [-0.05, 0) is 18.2 Å². The zero-order valence-electron chi connectivity index (χ0n) is 8.91. The van der Waals surface area contributed by atoms with Crippen molar-refractivity contribution in [3.8, 4) is 0 Å². The van der Waals surface area contributed by atoms with Crippen LogP contribution in [0.5, 0.6) is 0 Å². The molecule has 0 aliphatic carbocycles. The van der Waals surface area contributed by atoms with Gasteiger partial charge in [-0.3, -0.25) is 14.9 Å². The zero-order valence-corrected chi connectivity index (χ0v) is 9.66. The maximum atomic E-state index is 12.1. The van der Waals surface area contributed by atoms with Gasteiger partial charge < -0.3 is 0 Å². The number of aromatic nitrogens is 2. The van der Waals surface area contributed by atoms with Crippen LogP contribution < -0.4 is 0 Å². The Kier molecular flexibility index (Phi) is 3.29. The van der Waals surface area contributed by atoms with E-state index in [9.17, 15) is 14.9 Å². The summed E-state index contributed by atoms with van der Waals surface area (Å²) in [5.74, 6) is -0.563. The molecule has 0 saturated carbocycles. The van der Waals surface area contributed by atoms with Crippen LogP contribution in [0.2, 0.25) is 5.02 Å². The minimum atomic E-state index is -0.634. The van der Waals surface area contributed by atoms with Crippen LogP contribution in [0.4, 0.5) is 5.69 Å². The number of hydrogen-bond acceptors (Lipinski definition) is 5. The van der Waals surface area contributed by atoms with Crippen molar-refractivity contribution in [3.63, 3.8) is 0 Å². The zero-order chi connectivity index (χ0) is 13.1. The normalized spacial score (nSPS) is 10.1. The van der Waals surface area contributed by atoms with Gasteiger partial charge in [-0.2, -0.15) is 0 Å². The van der Waals surface area contributed by atoms with Gasteiger partial charge in [0, 0.05) is 17.3 Å². The molecule has 0 spiro atoms. The maximum absolute atomic E-state index is 12.1. The number of nitro benzene ring substituents is 1. The molecule has 0 N–H and O–H groups in total. The van der Waals surface area contributed by atoms with Crippen LogP contribution in [0, 0.1) is 10.1 Å². The Balaban J connectivity index is 2.54. The van der Waals surface area contributed by atoms with Crippen molar-refractivity contribution >= 4 is 23.1 Å². The monoisotopic (exact) mass is 263 g/mol. The van der Waals surface area contributed by atoms with Crippen molar-refractivity contribution in [2.45, 2.75) is 0 Å². The van der Waals surface area contributed by atoms with E-state index in [1.807, 2.05) is 0 Å². The third-order valence-corrected chi connectivity index (χ3v) is 2.45. The van der Waals surface area contributed by atoms with Gasteiger partial charge in [-0.25, -0.2) is 9.97 Å². The lowest BCUT2D eigenvalue weighted by molar-refractivity contribution is -0.385. The van der Waals surface area contributed by atoms with E-state index < -0.39 is 10.7 Å². The van der Waals surface area contributed by atoms with E-state index in [1.54, 1.807) is 0 Å². The Morgan fingerprint density at radius 3 is 2.72 bits per heavy atom. The van der Waals surface area contributed by atoms with Crippen molar-refractivity contribution in [2.24, 2.45) is 0 Å². The number of benzene rings is 1. The molecule has 0 atom stereocenters. The first-order valence-corrected chi connectivity index (χ1v) is 5.22. The highest BCUT2D eigenvalue weighted by Gasteiger charge is 2.22. The third-order valence-electron chi connectivity index (χ3n) is 2.21. The summed E-state index contributed by atoms with van der Waals surface area (Å²) in [7, 11) is 0. The van der Waals surface area contributed by atoms with Crippen LogP contribution in [-0.2, 0) is 0 Å². The lowest BCUT2D eigenvalue weighted by atomic mass is 10.1. The number of ketones is 1. The molecule has 0 aliphatic rings. The Morgan fingerprint density at radius 1 is 1.33 bits per heavy atom. The molecule has 7 heteroatoms. The first-order valence-electron chi connectivity index (χ1n) is 4.84. The van der Waals surface area contributed by atoms with Gasteiger partial charge in [-0.15, -0.1) is 0 Å². The summed E-state index contributed by atoms with van der Waals surface area (Å²) < 4.78 is 0. The van der Waals surface area contributed by atoms with Crippen LogP contribution >= 0.6 is 11.6 Å². The molecule has 6 nitrogen and oxygen atoms in total. The van der Waals surface area contributed by atoms with Gasteiger partial charge >= 0.3 is 0 Å². The summed E-state index contributed by atoms with van der Waals surface area (Å²) >= 11 is 5.75. The quantitative estimate of drug-likeness (QED) is 0.482. The predicted octanol–water partition coefficient (Wildman–Crippen LogP) is 2.27. The number of nitro groups is 1. The van der Waals surface area contributed by atoms with E-state index >= 15 is 0 Å². The van der Waals surface area contributed by atoms with E-state index in [0.717, 1.165) is 0 Å². The first-order chi connectivity index (χ1) is 8.59. The highest BCUT2D eigenvalue weighted by Crippen LogP contribution is 2.24. The Hall–Kier alpha value is -2.34. The molecule has 90 valence electrons. The Labute approximate surface area is 106 Å². The molecule has 0 fully saturated rings. The molecule has 2 rings (SSSR count). The van der Waals surface area contributed by atoms with Gasteiger partial charge in [0.25, 0.3) is 5.69 Å². The Morgan fingerprint density at radius 2 is 2.11 bits per heavy atom. The van der Waals surface area contributed by atoms with Crippen molar-refractivity contribution in [2.75, 3.05) is 0 Å². The molecule has 18 heavy (non-hydrogen) atoms. The summed E-state index contributed by atoms with van der Waals surface area (Å²) in [5.41, 5.74) is -0.315. The minimum Gasteiger partial charge on any atom is -0.287 e. The molecule has 0 radical (unpaired) electrons. The third kappa shape index (κ3) is 2.33. The molecular weight excluding hydrogens is 258 g/mol. The Bertz CT molecular complexity index is 616. The number of rotatable bonds is 3. The van der Waals surface area contributed by atoms with Crippen LogP contribution in [-0.4, -0.2) is 20.7 Å². The smallest absolute Gasteiger partial charge is 0.280 e. The molecule has 2 aromatic rings. The number of halogens is 1. The van der Waals surface area contributed by atoms with Crippen molar-refractivity contribution in [3.05, 3.63) is 63.2 Å². The average Bonchev–Trinajstić information content (AvgIpc) is 2.38. The summed E-state index contributed by atoms with van der Waals surface area (Å²) in [4.78, 5) is 29.7. The first kappa shape index (κ1) is 12.1. The fraction of sp³-hybridized carbons (Fsp3) is 0. The molecule has 0 amide bonds. The van der Waals surface area contributed by atoms with Gasteiger partial charge in [0.05, 0.1) is 4.92 Å². The second-order valence-electron chi connectivity index (χ2n) is 3.34. The SMILES string of the molecule is O=C(c1ccncn1)c1cc(Cl)ccc1[N+](=O)[O-]. The highest BCUT2D eigenvalue weighted by atomic mass is 35.5. The molecule has 1 heterocycles. The van der Waals surface area contributed by atoms with Crippen LogP contribution in [0.3, 0.4) is 0 Å². The van der Waals surface area contributed by atoms with Crippen molar-refractivity contribution in [1.82, 2.24) is 9.97 Å². The average molecular weight is 264 g/mol. The molecule has 0 saturated heterocycles. The van der Waals surface area contributed by atoms with Crippen LogP contribution in [0.25, 0.3) is 0 Å². The second kappa shape index (κ2) is 4.89. The van der Waals surface area contributed by atoms with Gasteiger partial charge in [0.2, 0.25) is 5.78 Å². The molecule has 0 unspecified atom stereocenters. The van der Waals surface area contributed by atoms with Crippen molar-refractivity contribution < 1.29 is 9.72 Å².